The Labute approximate surface area is 110 Å². The summed E-state index contributed by atoms with van der Waals surface area (Å²) >= 11 is 0. The third-order valence-corrected chi connectivity index (χ3v) is 3.78. The second-order valence-electron chi connectivity index (χ2n) is 5.14. The first-order valence-electron chi connectivity index (χ1n) is 6.70. The molecule has 7 heteroatoms. The normalized spacial score (nSPS) is 29.1. The van der Waals surface area contributed by atoms with Gasteiger partial charge in [-0.3, -0.25) is 0 Å². The Morgan fingerprint density at radius 1 is 1.11 bits per heavy atom. The monoisotopic (exact) mass is 280 g/mol. The zero-order valence-corrected chi connectivity index (χ0v) is 10.7. The molecular formula is C12H19F3N2O2. The highest BCUT2D eigenvalue weighted by atomic mass is 19.4. The van der Waals surface area contributed by atoms with Gasteiger partial charge < -0.3 is 15.0 Å². The van der Waals surface area contributed by atoms with Crippen LogP contribution in [-0.4, -0.2) is 49.5 Å². The lowest BCUT2D eigenvalue weighted by atomic mass is 9.87. The molecule has 0 atom stereocenters. The fourth-order valence-electron chi connectivity index (χ4n) is 2.57. The smallest absolute Gasteiger partial charge is 0.410 e. The van der Waals surface area contributed by atoms with E-state index in [9.17, 15) is 18.0 Å². The second-order valence-corrected chi connectivity index (χ2v) is 5.14. The summed E-state index contributed by atoms with van der Waals surface area (Å²) in [6.07, 6.45) is -4.14. The number of ether oxygens (including phenoxy) is 1. The number of nitrogens with zero attached hydrogens (tertiary/aromatic N) is 1. The lowest BCUT2D eigenvalue weighted by molar-refractivity contribution is -0.186. The number of hydrogen-bond donors (Lipinski definition) is 1. The maximum Gasteiger partial charge on any atom is 0.410 e. The van der Waals surface area contributed by atoms with Crippen LogP contribution in [0.15, 0.2) is 0 Å². The highest BCUT2D eigenvalue weighted by Gasteiger charge is 2.42. The Morgan fingerprint density at radius 2 is 1.68 bits per heavy atom. The lowest BCUT2D eigenvalue weighted by Gasteiger charge is -2.32. The molecule has 2 rings (SSSR count). The van der Waals surface area contributed by atoms with Gasteiger partial charge in [0, 0.05) is 26.2 Å². The minimum Gasteiger partial charge on any atom is -0.446 e. The molecule has 0 unspecified atom stereocenters. The minimum atomic E-state index is -4.12. The van der Waals surface area contributed by atoms with Gasteiger partial charge >= 0.3 is 12.3 Å². The topological polar surface area (TPSA) is 41.6 Å². The maximum atomic E-state index is 12.5. The number of carbonyl (C=O) groups is 1. The van der Waals surface area contributed by atoms with Crippen LogP contribution in [0.3, 0.4) is 0 Å². The number of carbonyl (C=O) groups excluding carboxylic acids is 1. The molecule has 1 aliphatic carbocycles. The summed E-state index contributed by atoms with van der Waals surface area (Å²) in [6.45, 7) is 2.65. The SMILES string of the molecule is O=C(OC1CCC(C(F)(F)F)CC1)N1CCNCC1. The molecule has 0 aromatic heterocycles. The largest absolute Gasteiger partial charge is 0.446 e. The van der Waals surface area contributed by atoms with Gasteiger partial charge in [0.05, 0.1) is 5.92 Å². The summed E-state index contributed by atoms with van der Waals surface area (Å²) in [5, 5.41) is 3.12. The van der Waals surface area contributed by atoms with Crippen LogP contribution < -0.4 is 5.32 Å². The molecule has 1 N–H and O–H groups in total. The molecule has 1 aliphatic heterocycles. The second kappa shape index (κ2) is 5.98. The van der Waals surface area contributed by atoms with Crippen molar-refractivity contribution in [2.75, 3.05) is 26.2 Å². The fraction of sp³-hybridized carbons (Fsp3) is 0.917. The number of piperazine rings is 1. The molecule has 0 aromatic rings. The standard InChI is InChI=1S/C12H19F3N2O2/c13-12(14,15)9-1-3-10(4-2-9)19-11(18)17-7-5-16-6-8-17/h9-10,16H,1-8H2. The van der Waals surface area contributed by atoms with Crippen LogP contribution in [0.5, 0.6) is 0 Å². The molecule has 1 saturated heterocycles. The van der Waals surface area contributed by atoms with Crippen molar-refractivity contribution in [3.63, 3.8) is 0 Å². The van der Waals surface area contributed by atoms with Crippen LogP contribution in [0.4, 0.5) is 18.0 Å². The lowest BCUT2D eigenvalue weighted by Crippen LogP contribution is -2.47. The molecule has 19 heavy (non-hydrogen) atoms. The first kappa shape index (κ1) is 14.4. The van der Waals surface area contributed by atoms with Crippen molar-refractivity contribution < 1.29 is 22.7 Å². The summed E-state index contributed by atoms with van der Waals surface area (Å²) < 4.78 is 42.8. The van der Waals surface area contributed by atoms with E-state index in [1.807, 2.05) is 0 Å². The zero-order chi connectivity index (χ0) is 13.9. The Morgan fingerprint density at radius 3 is 2.21 bits per heavy atom. The first-order chi connectivity index (χ1) is 8.97. The average molecular weight is 280 g/mol. The third kappa shape index (κ3) is 3.99. The molecule has 2 fully saturated rings. The number of amides is 1. The van der Waals surface area contributed by atoms with Crippen molar-refractivity contribution in [3.8, 4) is 0 Å². The van der Waals surface area contributed by atoms with Crippen LogP contribution >= 0.6 is 0 Å². The van der Waals surface area contributed by atoms with Crippen molar-refractivity contribution in [1.29, 1.82) is 0 Å². The highest BCUT2D eigenvalue weighted by molar-refractivity contribution is 5.68. The van der Waals surface area contributed by atoms with E-state index in [4.69, 9.17) is 4.74 Å². The maximum absolute atomic E-state index is 12.5. The van der Waals surface area contributed by atoms with Gasteiger partial charge in [-0.15, -0.1) is 0 Å². The van der Waals surface area contributed by atoms with E-state index in [2.05, 4.69) is 5.32 Å². The summed E-state index contributed by atoms with van der Waals surface area (Å²) in [4.78, 5) is 13.4. The van der Waals surface area contributed by atoms with Crippen molar-refractivity contribution in [3.05, 3.63) is 0 Å². The molecule has 0 bridgehead atoms. The van der Waals surface area contributed by atoms with Crippen LogP contribution in [0.2, 0.25) is 0 Å². The first-order valence-corrected chi connectivity index (χ1v) is 6.70. The van der Waals surface area contributed by atoms with E-state index in [-0.39, 0.29) is 18.9 Å². The number of nitrogens with one attached hydrogen (secondary N) is 1. The van der Waals surface area contributed by atoms with Crippen molar-refractivity contribution >= 4 is 6.09 Å². The van der Waals surface area contributed by atoms with E-state index < -0.39 is 18.2 Å². The van der Waals surface area contributed by atoms with Crippen molar-refractivity contribution in [2.45, 2.75) is 38.0 Å². The van der Waals surface area contributed by atoms with Crippen molar-refractivity contribution in [2.24, 2.45) is 5.92 Å². The molecule has 0 aromatic carbocycles. The van der Waals surface area contributed by atoms with Gasteiger partial charge in [-0.1, -0.05) is 0 Å². The fourth-order valence-corrected chi connectivity index (χ4v) is 2.57. The van der Waals surface area contributed by atoms with Gasteiger partial charge in [0.15, 0.2) is 0 Å². The Bertz CT molecular complexity index is 309. The Balaban J connectivity index is 1.74. The van der Waals surface area contributed by atoms with Gasteiger partial charge in [-0.25, -0.2) is 4.79 Å². The van der Waals surface area contributed by atoms with Crippen LogP contribution in [0, 0.1) is 5.92 Å². The Hall–Kier alpha value is -0.980. The molecule has 110 valence electrons. The van der Waals surface area contributed by atoms with Gasteiger partial charge in [0.1, 0.15) is 6.10 Å². The van der Waals surface area contributed by atoms with Crippen molar-refractivity contribution in [1.82, 2.24) is 10.2 Å². The summed E-state index contributed by atoms with van der Waals surface area (Å²) in [7, 11) is 0. The Kier molecular flexibility index (Phi) is 4.54. The molecule has 1 saturated carbocycles. The molecule has 4 nitrogen and oxygen atoms in total. The van der Waals surface area contributed by atoms with Gasteiger partial charge in [0.2, 0.25) is 0 Å². The number of halogens is 3. The minimum absolute atomic E-state index is 0.0585. The number of rotatable bonds is 1. The van der Waals surface area contributed by atoms with Gasteiger partial charge in [-0.2, -0.15) is 13.2 Å². The molecular weight excluding hydrogens is 261 g/mol. The summed E-state index contributed by atoms with van der Waals surface area (Å²) in [5.74, 6) is -1.23. The zero-order valence-electron chi connectivity index (χ0n) is 10.7. The molecule has 0 radical (unpaired) electrons. The average Bonchev–Trinajstić information content (AvgIpc) is 2.39. The van der Waals surface area contributed by atoms with Crippen LogP contribution in [-0.2, 0) is 4.74 Å². The third-order valence-electron chi connectivity index (χ3n) is 3.78. The van der Waals surface area contributed by atoms with E-state index in [0.29, 0.717) is 25.9 Å². The van der Waals surface area contributed by atoms with Gasteiger partial charge in [0.25, 0.3) is 0 Å². The highest BCUT2D eigenvalue weighted by Crippen LogP contribution is 2.38. The molecule has 1 heterocycles. The van der Waals surface area contributed by atoms with E-state index >= 15 is 0 Å². The van der Waals surface area contributed by atoms with Crippen LogP contribution in [0.25, 0.3) is 0 Å². The van der Waals surface area contributed by atoms with E-state index in [1.54, 1.807) is 4.90 Å². The molecule has 0 spiro atoms. The summed E-state index contributed by atoms with van der Waals surface area (Å²) in [5.41, 5.74) is 0. The van der Waals surface area contributed by atoms with E-state index in [0.717, 1.165) is 13.1 Å². The number of hydrogen-bond acceptors (Lipinski definition) is 3. The quantitative estimate of drug-likeness (QED) is 0.800. The molecule has 1 amide bonds. The van der Waals surface area contributed by atoms with Gasteiger partial charge in [-0.05, 0) is 25.7 Å². The molecule has 2 aliphatic rings. The summed E-state index contributed by atoms with van der Waals surface area (Å²) in [6, 6.07) is 0. The predicted octanol–water partition coefficient (Wildman–Crippen LogP) is 2.15. The predicted molar refractivity (Wildman–Crippen MR) is 62.7 cm³/mol. The number of alkyl halides is 3. The van der Waals surface area contributed by atoms with Crippen LogP contribution in [0.1, 0.15) is 25.7 Å². The van der Waals surface area contributed by atoms with E-state index in [1.165, 1.54) is 0 Å².